The number of phenolic OH excluding ortho intramolecular Hbond substituents is 1. The Morgan fingerprint density at radius 2 is 1.75 bits per heavy atom. The van der Waals surface area contributed by atoms with E-state index in [1.54, 1.807) is 6.07 Å². The maximum Gasteiger partial charge on any atom is 0.342 e. The van der Waals surface area contributed by atoms with E-state index in [0.29, 0.717) is 42.8 Å². The molecule has 1 amide bonds. The lowest BCUT2D eigenvalue weighted by Gasteiger charge is -2.28. The van der Waals surface area contributed by atoms with Crippen molar-refractivity contribution in [2.45, 2.75) is 12.8 Å². The van der Waals surface area contributed by atoms with Gasteiger partial charge in [-0.3, -0.25) is 4.79 Å². The molecule has 6 nitrogen and oxygen atoms in total. The fourth-order valence-electron chi connectivity index (χ4n) is 3.30. The fraction of sp³-hybridized carbons (Fsp3) is 0.273. The van der Waals surface area contributed by atoms with Gasteiger partial charge in [-0.1, -0.05) is 29.8 Å². The number of carbonyl (C=O) groups is 2. The average molecular weight is 381 g/mol. The topological polar surface area (TPSA) is 76.1 Å². The van der Waals surface area contributed by atoms with Crippen LogP contribution in [0.5, 0.6) is 11.5 Å². The number of amides is 1. The lowest BCUT2D eigenvalue weighted by atomic mass is 9.97. The molecule has 1 saturated heterocycles. The van der Waals surface area contributed by atoms with Crippen molar-refractivity contribution in [2.75, 3.05) is 27.3 Å². The van der Waals surface area contributed by atoms with E-state index >= 15 is 0 Å². The maximum atomic E-state index is 12.6. The quantitative estimate of drug-likeness (QED) is 0.821. The summed E-state index contributed by atoms with van der Waals surface area (Å²) in [5.74, 6) is -0.318. The van der Waals surface area contributed by atoms with Crippen molar-refractivity contribution >= 4 is 18.0 Å². The number of nitrogens with zero attached hydrogens (tertiary/aromatic N) is 1. The summed E-state index contributed by atoms with van der Waals surface area (Å²) in [5, 5.41) is 10.2. The number of benzene rings is 2. The Kier molecular flexibility index (Phi) is 5.99. The molecule has 1 N–H and O–H groups in total. The average Bonchev–Trinajstić information content (AvgIpc) is 2.73. The summed E-state index contributed by atoms with van der Waals surface area (Å²) in [6.07, 6.45) is 3.26. The Morgan fingerprint density at radius 3 is 2.36 bits per heavy atom. The second kappa shape index (κ2) is 8.61. The van der Waals surface area contributed by atoms with Gasteiger partial charge in [-0.05, 0) is 36.6 Å². The first kappa shape index (κ1) is 19.5. The molecule has 28 heavy (non-hydrogen) atoms. The summed E-state index contributed by atoms with van der Waals surface area (Å²) in [4.78, 5) is 26.5. The number of phenols is 1. The maximum absolute atomic E-state index is 12.6. The molecule has 146 valence electrons. The van der Waals surface area contributed by atoms with E-state index in [0.717, 1.165) is 5.57 Å². The molecule has 0 saturated carbocycles. The minimum absolute atomic E-state index is 0.0222. The van der Waals surface area contributed by atoms with Crippen LogP contribution in [-0.4, -0.2) is 49.2 Å². The van der Waals surface area contributed by atoms with E-state index in [2.05, 4.69) is 0 Å². The molecule has 0 atom stereocenters. The fourth-order valence-corrected chi connectivity index (χ4v) is 3.30. The minimum atomic E-state index is -0.608. The molecule has 1 aliphatic rings. The molecule has 2 aromatic carbocycles. The van der Waals surface area contributed by atoms with Gasteiger partial charge in [-0.2, -0.15) is 0 Å². The third-order valence-corrected chi connectivity index (χ3v) is 4.82. The predicted molar refractivity (Wildman–Crippen MR) is 106 cm³/mol. The van der Waals surface area contributed by atoms with Gasteiger partial charge in [0.2, 0.25) is 0 Å². The van der Waals surface area contributed by atoms with Crippen molar-refractivity contribution in [3.8, 4) is 11.5 Å². The molecule has 0 aliphatic carbocycles. The van der Waals surface area contributed by atoms with Crippen molar-refractivity contribution in [2.24, 2.45) is 0 Å². The standard InChI is InChI=1S/C22H23NO5/c1-27-18-13-17(20(19(24)14-18)22(26)28-2)12-15-8-10-23(11-9-15)21(25)16-6-4-3-5-7-16/h3-7,12-14,24H,8-11H2,1-2H3. The molecular formula is C22H23NO5. The van der Waals surface area contributed by atoms with Crippen LogP contribution in [0.25, 0.3) is 6.08 Å². The van der Waals surface area contributed by atoms with Gasteiger partial charge in [-0.25, -0.2) is 4.79 Å². The lowest BCUT2D eigenvalue weighted by Crippen LogP contribution is -2.36. The molecule has 1 aliphatic heterocycles. The largest absolute Gasteiger partial charge is 0.507 e. The minimum Gasteiger partial charge on any atom is -0.507 e. The van der Waals surface area contributed by atoms with Gasteiger partial charge in [-0.15, -0.1) is 0 Å². The van der Waals surface area contributed by atoms with Crippen molar-refractivity contribution in [3.05, 3.63) is 64.7 Å². The van der Waals surface area contributed by atoms with Gasteiger partial charge >= 0.3 is 5.97 Å². The zero-order valence-corrected chi connectivity index (χ0v) is 16.0. The molecule has 0 radical (unpaired) electrons. The van der Waals surface area contributed by atoms with Crippen molar-refractivity contribution < 1.29 is 24.2 Å². The number of rotatable bonds is 4. The van der Waals surface area contributed by atoms with E-state index in [4.69, 9.17) is 9.47 Å². The first-order valence-electron chi connectivity index (χ1n) is 9.06. The number of esters is 1. The highest BCUT2D eigenvalue weighted by atomic mass is 16.5. The molecule has 1 fully saturated rings. The number of methoxy groups -OCH3 is 2. The van der Waals surface area contributed by atoms with Crippen LogP contribution in [0, 0.1) is 0 Å². The normalized spacial score (nSPS) is 13.8. The van der Waals surface area contributed by atoms with Crippen molar-refractivity contribution in [3.63, 3.8) is 0 Å². The Hall–Kier alpha value is -3.28. The van der Waals surface area contributed by atoms with Gasteiger partial charge in [0.25, 0.3) is 5.91 Å². The number of aromatic hydroxyl groups is 1. The van der Waals surface area contributed by atoms with Crippen LogP contribution >= 0.6 is 0 Å². The smallest absolute Gasteiger partial charge is 0.342 e. The number of ether oxygens (including phenoxy) is 2. The third kappa shape index (κ3) is 4.17. The Bertz CT molecular complexity index is 895. The lowest BCUT2D eigenvalue weighted by molar-refractivity contribution is 0.0597. The predicted octanol–water partition coefficient (Wildman–Crippen LogP) is 3.51. The van der Waals surface area contributed by atoms with E-state index in [9.17, 15) is 14.7 Å². The summed E-state index contributed by atoms with van der Waals surface area (Å²) >= 11 is 0. The summed E-state index contributed by atoms with van der Waals surface area (Å²) < 4.78 is 9.99. The number of piperidine rings is 1. The zero-order chi connectivity index (χ0) is 20.1. The number of hydrogen-bond donors (Lipinski definition) is 1. The summed E-state index contributed by atoms with van der Waals surface area (Å²) in [6.45, 7) is 1.20. The highest BCUT2D eigenvalue weighted by Gasteiger charge is 2.22. The van der Waals surface area contributed by atoms with E-state index in [1.807, 2.05) is 41.3 Å². The molecule has 1 heterocycles. The highest BCUT2D eigenvalue weighted by Crippen LogP contribution is 2.31. The second-order valence-electron chi connectivity index (χ2n) is 6.56. The number of hydrogen-bond acceptors (Lipinski definition) is 5. The van der Waals surface area contributed by atoms with Gasteiger partial charge < -0.3 is 19.5 Å². The molecule has 0 aromatic heterocycles. The zero-order valence-electron chi connectivity index (χ0n) is 16.0. The molecule has 3 rings (SSSR count). The van der Waals surface area contributed by atoms with E-state index in [1.165, 1.54) is 20.3 Å². The Morgan fingerprint density at radius 1 is 1.07 bits per heavy atom. The SMILES string of the molecule is COC(=O)c1c(O)cc(OC)cc1C=C1CCN(C(=O)c2ccccc2)CC1. The summed E-state index contributed by atoms with van der Waals surface area (Å²) in [6, 6.07) is 12.3. The number of carbonyl (C=O) groups excluding carboxylic acids is 2. The van der Waals surface area contributed by atoms with Crippen LogP contribution in [0.4, 0.5) is 0 Å². The van der Waals surface area contributed by atoms with Crippen LogP contribution < -0.4 is 4.74 Å². The van der Waals surface area contributed by atoms with E-state index in [-0.39, 0.29) is 17.2 Å². The van der Waals surface area contributed by atoms with Crippen molar-refractivity contribution in [1.29, 1.82) is 0 Å². The molecule has 0 bridgehead atoms. The molecule has 6 heteroatoms. The van der Waals surface area contributed by atoms with E-state index < -0.39 is 5.97 Å². The van der Waals surface area contributed by atoms with Crippen LogP contribution in [0.2, 0.25) is 0 Å². The molecule has 0 spiro atoms. The van der Waals surface area contributed by atoms with Crippen molar-refractivity contribution in [1.82, 2.24) is 4.90 Å². The first-order chi connectivity index (χ1) is 13.5. The third-order valence-electron chi connectivity index (χ3n) is 4.82. The highest BCUT2D eigenvalue weighted by molar-refractivity contribution is 5.97. The first-order valence-corrected chi connectivity index (χ1v) is 9.06. The monoisotopic (exact) mass is 381 g/mol. The number of likely N-dealkylation sites (tertiary alicyclic amines) is 1. The Balaban J connectivity index is 1.80. The van der Waals surface area contributed by atoms with Crippen LogP contribution in [0.1, 0.15) is 39.1 Å². The van der Waals surface area contributed by atoms with Crippen LogP contribution in [0.15, 0.2) is 48.0 Å². The second-order valence-corrected chi connectivity index (χ2v) is 6.56. The van der Waals surface area contributed by atoms with Gasteiger partial charge in [0.1, 0.15) is 17.1 Å². The molecule has 2 aromatic rings. The van der Waals surface area contributed by atoms with Gasteiger partial charge in [0.05, 0.1) is 14.2 Å². The van der Waals surface area contributed by atoms with Crippen LogP contribution in [-0.2, 0) is 4.74 Å². The molecular weight excluding hydrogens is 358 g/mol. The van der Waals surface area contributed by atoms with Gasteiger partial charge in [0.15, 0.2) is 0 Å². The van der Waals surface area contributed by atoms with Gasteiger partial charge in [0, 0.05) is 24.7 Å². The molecule has 0 unspecified atom stereocenters. The van der Waals surface area contributed by atoms with Crippen LogP contribution in [0.3, 0.4) is 0 Å². The Labute approximate surface area is 164 Å². The summed E-state index contributed by atoms with van der Waals surface area (Å²) in [7, 11) is 2.77. The summed E-state index contributed by atoms with van der Waals surface area (Å²) in [5.41, 5.74) is 2.43.